The van der Waals surface area contributed by atoms with Crippen LogP contribution in [-0.4, -0.2) is 23.4 Å². The van der Waals surface area contributed by atoms with Gasteiger partial charge in [0.2, 0.25) is 0 Å². The van der Waals surface area contributed by atoms with E-state index in [1.807, 2.05) is 47.4 Å². The van der Waals surface area contributed by atoms with Crippen LogP contribution in [0.25, 0.3) is 0 Å². The lowest BCUT2D eigenvalue weighted by atomic mass is 9.92. The highest BCUT2D eigenvalue weighted by molar-refractivity contribution is 7.10. The van der Waals surface area contributed by atoms with E-state index in [9.17, 15) is 9.59 Å². The third-order valence-electron chi connectivity index (χ3n) is 5.01. The largest absolute Gasteiger partial charge is 0.352 e. The van der Waals surface area contributed by atoms with E-state index < -0.39 is 6.03 Å². The summed E-state index contributed by atoms with van der Waals surface area (Å²) < 4.78 is 0. The summed E-state index contributed by atoms with van der Waals surface area (Å²) in [6, 6.07) is 19.0. The van der Waals surface area contributed by atoms with Crippen LogP contribution in [0.3, 0.4) is 0 Å². The number of carbonyl (C=O) groups is 2. The Kier molecular flexibility index (Phi) is 5.12. The number of carbonyl (C=O) groups excluding carboxylic acids is 2. The van der Waals surface area contributed by atoms with Crippen molar-refractivity contribution < 1.29 is 9.59 Å². The molecule has 142 valence electrons. The number of nitrogens with two attached hydrogens (primary N) is 1. The van der Waals surface area contributed by atoms with Crippen LogP contribution in [0, 0.1) is 0 Å². The molecule has 28 heavy (non-hydrogen) atoms. The molecule has 0 spiro atoms. The van der Waals surface area contributed by atoms with E-state index >= 15 is 0 Å². The molecule has 0 fully saturated rings. The number of rotatable bonds is 4. The number of hydrogen-bond acceptors (Lipinski definition) is 3. The fourth-order valence-electron chi connectivity index (χ4n) is 3.65. The zero-order valence-corrected chi connectivity index (χ0v) is 16.1. The van der Waals surface area contributed by atoms with Crippen LogP contribution >= 0.6 is 11.3 Å². The number of hydrogen-bond donors (Lipinski definition) is 2. The summed E-state index contributed by atoms with van der Waals surface area (Å²) in [6.45, 7) is 1.04. The zero-order valence-electron chi connectivity index (χ0n) is 15.3. The van der Waals surface area contributed by atoms with Crippen molar-refractivity contribution in [3.63, 3.8) is 0 Å². The van der Waals surface area contributed by atoms with E-state index in [0.717, 1.165) is 17.5 Å². The Balaban J connectivity index is 1.62. The molecule has 0 saturated heterocycles. The van der Waals surface area contributed by atoms with Gasteiger partial charge in [-0.2, -0.15) is 0 Å². The second kappa shape index (κ2) is 7.86. The molecule has 1 aromatic heterocycles. The number of amides is 3. The third kappa shape index (κ3) is 3.64. The van der Waals surface area contributed by atoms with Gasteiger partial charge in [0, 0.05) is 23.5 Å². The van der Waals surface area contributed by atoms with Crippen LogP contribution < -0.4 is 11.1 Å². The molecule has 3 amide bonds. The number of primary amides is 1. The van der Waals surface area contributed by atoms with Crippen molar-refractivity contribution in [1.82, 2.24) is 10.2 Å². The van der Waals surface area contributed by atoms with E-state index in [2.05, 4.69) is 28.9 Å². The summed E-state index contributed by atoms with van der Waals surface area (Å²) in [4.78, 5) is 27.5. The summed E-state index contributed by atoms with van der Waals surface area (Å²) in [5.41, 5.74) is 8.99. The fourth-order valence-corrected chi connectivity index (χ4v) is 4.55. The Bertz CT molecular complexity index is 983. The van der Waals surface area contributed by atoms with Gasteiger partial charge in [-0.25, -0.2) is 4.79 Å². The molecule has 2 heterocycles. The number of thiophene rings is 1. The Morgan fingerprint density at radius 2 is 1.82 bits per heavy atom. The molecular formula is C22H21N3O2S. The van der Waals surface area contributed by atoms with Gasteiger partial charge in [-0.15, -0.1) is 11.3 Å². The van der Waals surface area contributed by atoms with Gasteiger partial charge in [-0.3, -0.25) is 4.79 Å². The first-order valence-electron chi connectivity index (χ1n) is 9.18. The minimum atomic E-state index is -0.564. The van der Waals surface area contributed by atoms with Crippen molar-refractivity contribution in [2.45, 2.75) is 19.0 Å². The zero-order chi connectivity index (χ0) is 19.5. The topological polar surface area (TPSA) is 75.4 Å². The van der Waals surface area contributed by atoms with E-state index in [-0.39, 0.29) is 11.9 Å². The van der Waals surface area contributed by atoms with E-state index in [1.54, 1.807) is 11.3 Å². The monoisotopic (exact) mass is 391 g/mol. The second-order valence-electron chi connectivity index (χ2n) is 6.78. The Morgan fingerprint density at radius 3 is 2.54 bits per heavy atom. The molecule has 0 bridgehead atoms. The van der Waals surface area contributed by atoms with Gasteiger partial charge in [0.05, 0.1) is 6.04 Å². The average Bonchev–Trinajstić information content (AvgIpc) is 3.21. The van der Waals surface area contributed by atoms with Crippen LogP contribution in [0.2, 0.25) is 0 Å². The van der Waals surface area contributed by atoms with Crippen molar-refractivity contribution in [2.75, 3.05) is 6.54 Å². The molecule has 0 aliphatic carbocycles. The first kappa shape index (κ1) is 18.3. The number of benzene rings is 2. The maximum atomic E-state index is 13.3. The van der Waals surface area contributed by atoms with Gasteiger partial charge in [-0.1, -0.05) is 42.5 Å². The molecule has 1 aliphatic heterocycles. The highest BCUT2D eigenvalue weighted by atomic mass is 32.1. The van der Waals surface area contributed by atoms with Gasteiger partial charge in [0.15, 0.2) is 0 Å². The van der Waals surface area contributed by atoms with Crippen LogP contribution in [0.5, 0.6) is 0 Å². The molecule has 4 rings (SSSR count). The molecule has 0 unspecified atom stereocenters. The number of urea groups is 1. The summed E-state index contributed by atoms with van der Waals surface area (Å²) in [5.74, 6) is 0.0140. The van der Waals surface area contributed by atoms with Gasteiger partial charge in [0.1, 0.15) is 0 Å². The van der Waals surface area contributed by atoms with E-state index in [4.69, 9.17) is 5.73 Å². The Labute approximate surface area is 167 Å². The average molecular weight is 391 g/mol. The minimum Gasteiger partial charge on any atom is -0.352 e. The van der Waals surface area contributed by atoms with Crippen LogP contribution in [0.1, 0.15) is 38.0 Å². The van der Waals surface area contributed by atoms with Gasteiger partial charge >= 0.3 is 6.03 Å². The molecule has 6 heteroatoms. The summed E-state index contributed by atoms with van der Waals surface area (Å²) >= 11 is 1.76. The third-order valence-corrected chi connectivity index (χ3v) is 6.01. The molecular weight excluding hydrogens is 370 g/mol. The maximum Gasteiger partial charge on any atom is 0.312 e. The number of nitrogens with zero attached hydrogens (tertiary/aromatic N) is 1. The molecule has 2 aromatic carbocycles. The lowest BCUT2D eigenvalue weighted by Crippen LogP contribution is -2.40. The molecule has 0 radical (unpaired) electrons. The molecule has 3 aromatic rings. The Morgan fingerprint density at radius 1 is 1.07 bits per heavy atom. The standard InChI is InChI=1S/C22H21N3O2S/c23-22(27)24-14-15-6-8-17(9-7-15)21(26)25-12-10-19-18(11-13-28-19)20(25)16-4-2-1-3-5-16/h1-9,11,13,20H,10,12,14H2,(H3,23,24,27)/t20-/m0/s1. The van der Waals surface area contributed by atoms with E-state index in [1.165, 1.54) is 10.4 Å². The van der Waals surface area contributed by atoms with Crippen molar-refractivity contribution in [2.24, 2.45) is 5.73 Å². The van der Waals surface area contributed by atoms with E-state index in [0.29, 0.717) is 18.7 Å². The van der Waals surface area contributed by atoms with Crippen LogP contribution in [-0.2, 0) is 13.0 Å². The first-order chi connectivity index (χ1) is 13.6. The summed E-state index contributed by atoms with van der Waals surface area (Å²) in [6.07, 6.45) is 0.878. The predicted molar refractivity (Wildman–Crippen MR) is 110 cm³/mol. The maximum absolute atomic E-state index is 13.3. The van der Waals surface area contributed by atoms with Crippen LogP contribution in [0.15, 0.2) is 66.0 Å². The van der Waals surface area contributed by atoms with Crippen molar-refractivity contribution in [3.05, 3.63) is 93.2 Å². The smallest absolute Gasteiger partial charge is 0.312 e. The highest BCUT2D eigenvalue weighted by Crippen LogP contribution is 2.38. The second-order valence-corrected chi connectivity index (χ2v) is 7.78. The lowest BCUT2D eigenvalue weighted by molar-refractivity contribution is 0.0696. The molecule has 3 N–H and O–H groups in total. The van der Waals surface area contributed by atoms with Gasteiger partial charge < -0.3 is 16.0 Å². The normalized spacial score (nSPS) is 15.7. The van der Waals surface area contributed by atoms with Gasteiger partial charge in [0.25, 0.3) is 5.91 Å². The van der Waals surface area contributed by atoms with Gasteiger partial charge in [-0.05, 0) is 46.7 Å². The van der Waals surface area contributed by atoms with Crippen molar-refractivity contribution >= 4 is 23.3 Å². The summed E-state index contributed by atoms with van der Waals surface area (Å²) in [7, 11) is 0. The molecule has 1 aliphatic rings. The molecule has 5 nitrogen and oxygen atoms in total. The fraction of sp³-hybridized carbons (Fsp3) is 0.182. The van der Waals surface area contributed by atoms with Crippen molar-refractivity contribution in [3.8, 4) is 0 Å². The number of fused-ring (bicyclic) bond motifs is 1. The first-order valence-corrected chi connectivity index (χ1v) is 10.1. The summed E-state index contributed by atoms with van der Waals surface area (Å²) in [5, 5.41) is 4.66. The molecule has 1 atom stereocenters. The van der Waals surface area contributed by atoms with Crippen LogP contribution in [0.4, 0.5) is 4.79 Å². The lowest BCUT2D eigenvalue weighted by Gasteiger charge is -2.36. The SMILES string of the molecule is NC(=O)NCc1ccc(C(=O)N2CCc3sccc3[C@@H]2c2ccccc2)cc1. The number of nitrogens with one attached hydrogen (secondary N) is 1. The highest BCUT2D eigenvalue weighted by Gasteiger charge is 2.33. The quantitative estimate of drug-likeness (QED) is 0.711. The minimum absolute atomic E-state index is 0.0140. The Hall–Kier alpha value is -3.12. The predicted octanol–water partition coefficient (Wildman–Crippen LogP) is 3.70. The van der Waals surface area contributed by atoms with Crippen molar-refractivity contribution in [1.29, 1.82) is 0 Å². The molecule has 0 saturated carbocycles.